The Morgan fingerprint density at radius 1 is 1.31 bits per heavy atom. The second kappa shape index (κ2) is 5.59. The van der Waals surface area contributed by atoms with Gasteiger partial charge in [-0.25, -0.2) is 5.41 Å². The molecule has 7 heteroatoms. The number of hydroxylamine groups is 1. The molecule has 0 bridgehead atoms. The van der Waals surface area contributed by atoms with Gasteiger partial charge in [0.05, 0.1) is 5.69 Å². The van der Waals surface area contributed by atoms with E-state index < -0.39 is 9.81 Å². The summed E-state index contributed by atoms with van der Waals surface area (Å²) in [5.74, 6) is 0. The van der Waals surface area contributed by atoms with E-state index >= 15 is 0 Å². The lowest BCUT2D eigenvalue weighted by Crippen LogP contribution is -2.31. The third kappa shape index (κ3) is 4.45. The summed E-state index contributed by atoms with van der Waals surface area (Å²) in [6.45, 7) is -0.319. The summed E-state index contributed by atoms with van der Waals surface area (Å²) in [7, 11) is 0. The summed E-state index contributed by atoms with van der Waals surface area (Å²) >= 11 is 16.3. The highest BCUT2D eigenvalue weighted by Crippen LogP contribution is 2.26. The second-order valence-electron chi connectivity index (χ2n) is 2.86. The minimum absolute atomic E-state index is 0.319. The largest absolute Gasteiger partial charge is 0.459 e. The van der Waals surface area contributed by atoms with Gasteiger partial charge < -0.3 is 4.74 Å². The predicted octanol–water partition coefficient (Wildman–Crippen LogP) is 3.20. The van der Waals surface area contributed by atoms with Crippen LogP contribution in [0.2, 0.25) is 0 Å². The third-order valence-corrected chi connectivity index (χ3v) is 1.89. The Hall–Kier alpha value is -0.680. The van der Waals surface area contributed by atoms with Crippen molar-refractivity contribution < 1.29 is 9.94 Å². The molecule has 2 N–H and O–H groups in total. The molecule has 1 aromatic rings. The molecular formula is C9H9Cl3N2O2. The molecule has 1 aromatic carbocycles. The van der Waals surface area contributed by atoms with Gasteiger partial charge in [0.25, 0.3) is 0 Å². The van der Waals surface area contributed by atoms with E-state index in [0.29, 0.717) is 10.8 Å². The molecule has 0 atom stereocenters. The van der Waals surface area contributed by atoms with Crippen LogP contribution >= 0.6 is 34.8 Å². The molecule has 1 rings (SSSR count). The molecule has 0 amide bonds. The minimum atomic E-state index is -1.62. The molecule has 4 nitrogen and oxygen atoms in total. The van der Waals surface area contributed by atoms with Crippen molar-refractivity contribution in [2.45, 2.75) is 3.79 Å². The maximum atomic E-state index is 9.54. The molecule has 16 heavy (non-hydrogen) atoms. The molecule has 0 heterocycles. The number of benzene rings is 1. The van der Waals surface area contributed by atoms with Crippen molar-refractivity contribution in [3.05, 3.63) is 30.3 Å². The van der Waals surface area contributed by atoms with Gasteiger partial charge in [-0.3, -0.25) is 5.21 Å². The number of rotatable bonds is 2. The molecule has 88 valence electrons. The van der Waals surface area contributed by atoms with Crippen LogP contribution in [-0.2, 0) is 4.74 Å². The Morgan fingerprint density at radius 2 is 1.88 bits per heavy atom. The summed E-state index contributed by atoms with van der Waals surface area (Å²) in [6.07, 6.45) is 0. The van der Waals surface area contributed by atoms with Gasteiger partial charge >= 0.3 is 6.02 Å². The lowest BCUT2D eigenvalue weighted by Gasteiger charge is -2.19. The van der Waals surface area contributed by atoms with Gasteiger partial charge in [0.2, 0.25) is 3.79 Å². The average Bonchev–Trinajstić information content (AvgIpc) is 2.25. The lowest BCUT2D eigenvalue weighted by atomic mass is 10.3. The molecular weight excluding hydrogens is 274 g/mol. The highest BCUT2D eigenvalue weighted by Gasteiger charge is 2.22. The van der Waals surface area contributed by atoms with Gasteiger partial charge in [-0.05, 0) is 12.1 Å². The van der Waals surface area contributed by atoms with E-state index in [1.807, 2.05) is 0 Å². The van der Waals surface area contributed by atoms with Crippen molar-refractivity contribution in [1.82, 2.24) is 0 Å². The fourth-order valence-corrected chi connectivity index (χ4v) is 1.06. The quantitative estimate of drug-likeness (QED) is 0.379. The van der Waals surface area contributed by atoms with Crippen molar-refractivity contribution in [3.63, 3.8) is 0 Å². The van der Waals surface area contributed by atoms with Crippen molar-refractivity contribution in [3.8, 4) is 0 Å². The van der Waals surface area contributed by atoms with Crippen LogP contribution < -0.4 is 5.06 Å². The van der Waals surface area contributed by atoms with E-state index in [4.69, 9.17) is 44.9 Å². The zero-order chi connectivity index (χ0) is 12.2. The van der Waals surface area contributed by atoms with Crippen LogP contribution in [-0.4, -0.2) is 21.6 Å². The molecule has 0 spiro atoms. The first-order valence-electron chi connectivity index (χ1n) is 4.22. The van der Waals surface area contributed by atoms with Crippen LogP contribution in [0.5, 0.6) is 0 Å². The van der Waals surface area contributed by atoms with Crippen LogP contribution in [0.1, 0.15) is 0 Å². The number of hydrogen-bond acceptors (Lipinski definition) is 3. The smallest absolute Gasteiger partial charge is 0.314 e. The maximum absolute atomic E-state index is 9.54. The number of alkyl halides is 3. The SMILES string of the molecule is N=C(OCC(Cl)(Cl)Cl)N(O)c1ccccc1. The van der Waals surface area contributed by atoms with Gasteiger partial charge in [0.1, 0.15) is 6.61 Å². The van der Waals surface area contributed by atoms with Crippen LogP contribution in [0.15, 0.2) is 30.3 Å². The Labute approximate surface area is 108 Å². The Bertz CT molecular complexity index is 354. The number of amidine groups is 1. The predicted molar refractivity (Wildman–Crippen MR) is 64.7 cm³/mol. The first-order chi connectivity index (χ1) is 7.40. The number of nitrogens with zero attached hydrogens (tertiary/aromatic N) is 1. The highest BCUT2D eigenvalue weighted by atomic mass is 35.6. The Kier molecular flexibility index (Phi) is 4.68. The minimum Gasteiger partial charge on any atom is -0.459 e. The number of anilines is 1. The third-order valence-electron chi connectivity index (χ3n) is 1.57. The first-order valence-corrected chi connectivity index (χ1v) is 5.36. The highest BCUT2D eigenvalue weighted by molar-refractivity contribution is 6.67. The topological polar surface area (TPSA) is 56.5 Å². The normalized spacial score (nSPS) is 11.0. The molecule has 0 radical (unpaired) electrons. The Morgan fingerprint density at radius 3 is 2.38 bits per heavy atom. The lowest BCUT2D eigenvalue weighted by molar-refractivity contribution is 0.231. The maximum Gasteiger partial charge on any atom is 0.314 e. The number of hydrogen-bond donors (Lipinski definition) is 2. The average molecular weight is 284 g/mol. The van der Waals surface area contributed by atoms with E-state index in [0.717, 1.165) is 0 Å². The van der Waals surface area contributed by atoms with E-state index in [1.54, 1.807) is 30.3 Å². The van der Waals surface area contributed by atoms with E-state index in [1.165, 1.54) is 0 Å². The van der Waals surface area contributed by atoms with Gasteiger partial charge in [-0.1, -0.05) is 53.0 Å². The summed E-state index contributed by atoms with van der Waals surface area (Å²) in [5.41, 5.74) is 0.386. The van der Waals surface area contributed by atoms with E-state index in [-0.39, 0.29) is 6.61 Å². The van der Waals surface area contributed by atoms with Crippen molar-refractivity contribution >= 4 is 46.5 Å². The summed E-state index contributed by atoms with van der Waals surface area (Å²) < 4.78 is 3.16. The number of ether oxygens (including phenoxy) is 1. The monoisotopic (exact) mass is 282 g/mol. The summed E-state index contributed by atoms with van der Waals surface area (Å²) in [5, 5.41) is 17.5. The van der Waals surface area contributed by atoms with Gasteiger partial charge in [-0.15, -0.1) is 0 Å². The number of para-hydroxylation sites is 1. The summed E-state index contributed by atoms with van der Waals surface area (Å²) in [6, 6.07) is 7.89. The van der Waals surface area contributed by atoms with Crippen molar-refractivity contribution in [2.24, 2.45) is 0 Å². The van der Waals surface area contributed by atoms with Gasteiger partial charge in [-0.2, -0.15) is 5.06 Å². The van der Waals surface area contributed by atoms with Crippen LogP contribution in [0.3, 0.4) is 0 Å². The van der Waals surface area contributed by atoms with Crippen LogP contribution in [0.4, 0.5) is 5.69 Å². The molecule has 0 aromatic heterocycles. The molecule has 0 aliphatic rings. The molecule has 0 fully saturated rings. The first kappa shape index (κ1) is 13.4. The zero-order valence-electron chi connectivity index (χ0n) is 8.03. The van der Waals surface area contributed by atoms with Crippen molar-refractivity contribution in [1.29, 1.82) is 5.41 Å². The zero-order valence-corrected chi connectivity index (χ0v) is 10.3. The van der Waals surface area contributed by atoms with E-state index in [2.05, 4.69) is 0 Å². The fourth-order valence-electron chi connectivity index (χ4n) is 0.898. The summed E-state index contributed by atoms with van der Waals surface area (Å²) in [4.78, 5) is 0. The molecule has 0 unspecified atom stereocenters. The van der Waals surface area contributed by atoms with Crippen LogP contribution in [0, 0.1) is 5.41 Å². The van der Waals surface area contributed by atoms with Gasteiger partial charge in [0, 0.05) is 0 Å². The van der Waals surface area contributed by atoms with Crippen LogP contribution in [0.25, 0.3) is 0 Å². The number of nitrogens with one attached hydrogen (secondary N) is 1. The molecule has 0 aliphatic heterocycles. The van der Waals surface area contributed by atoms with E-state index in [9.17, 15) is 5.21 Å². The van der Waals surface area contributed by atoms with Crippen molar-refractivity contribution in [2.75, 3.05) is 11.7 Å². The van der Waals surface area contributed by atoms with Gasteiger partial charge in [0.15, 0.2) is 0 Å². The molecule has 0 saturated heterocycles. The fraction of sp³-hybridized carbons (Fsp3) is 0.222. The number of halogens is 3. The second-order valence-corrected chi connectivity index (χ2v) is 5.37. The molecule has 0 saturated carbocycles. The standard InChI is InChI=1S/C9H9Cl3N2O2/c10-9(11,12)6-16-8(13)14(15)7-4-2-1-3-5-7/h1-5,13,15H,6H2. The molecule has 0 aliphatic carbocycles. The Balaban J connectivity index is 2.55.